The summed E-state index contributed by atoms with van der Waals surface area (Å²) in [7, 11) is 3.34. The van der Waals surface area contributed by atoms with Crippen LogP contribution in [0.15, 0.2) is 47.6 Å². The molecule has 0 heterocycles. The molecule has 0 aliphatic carbocycles. The number of benzene rings is 2. The quantitative estimate of drug-likeness (QED) is 0.480. The van der Waals surface area contributed by atoms with Gasteiger partial charge in [-0.1, -0.05) is 29.8 Å². The second-order valence-corrected chi connectivity index (χ2v) is 5.54. The molecule has 0 atom stereocenters. The average Bonchev–Trinajstić information content (AvgIpc) is 2.61. The van der Waals surface area contributed by atoms with Gasteiger partial charge in [-0.05, 0) is 48.5 Å². The first-order valence-electron chi connectivity index (χ1n) is 7.49. The van der Waals surface area contributed by atoms with E-state index in [4.69, 9.17) is 21.7 Å². The Morgan fingerprint density at radius 1 is 1.17 bits per heavy atom. The second-order valence-electron chi connectivity index (χ2n) is 5.13. The van der Waals surface area contributed by atoms with Gasteiger partial charge in [-0.3, -0.25) is 5.43 Å². The van der Waals surface area contributed by atoms with Crippen molar-refractivity contribution in [3.05, 3.63) is 59.2 Å². The van der Waals surface area contributed by atoms with Crippen LogP contribution in [0, 0.1) is 6.92 Å². The van der Waals surface area contributed by atoms with Crippen LogP contribution in [0.5, 0.6) is 11.5 Å². The van der Waals surface area contributed by atoms with Crippen LogP contribution in [0.2, 0.25) is 0 Å². The Hall–Kier alpha value is -2.60. The fourth-order valence-corrected chi connectivity index (χ4v) is 2.00. The first-order chi connectivity index (χ1) is 11.6. The van der Waals surface area contributed by atoms with Crippen molar-refractivity contribution >= 4 is 23.5 Å². The van der Waals surface area contributed by atoms with E-state index in [2.05, 4.69) is 47.0 Å². The van der Waals surface area contributed by atoms with Crippen molar-refractivity contribution in [2.75, 3.05) is 14.2 Å². The van der Waals surface area contributed by atoms with Crippen LogP contribution in [-0.2, 0) is 6.61 Å². The minimum absolute atomic E-state index is 0.455. The lowest BCUT2D eigenvalue weighted by atomic mass is 10.2. The maximum atomic E-state index is 5.85. The van der Waals surface area contributed by atoms with E-state index in [-0.39, 0.29) is 0 Å². The van der Waals surface area contributed by atoms with Gasteiger partial charge in [0.2, 0.25) is 0 Å². The first-order valence-corrected chi connectivity index (χ1v) is 7.90. The largest absolute Gasteiger partial charge is 0.493 e. The van der Waals surface area contributed by atoms with E-state index < -0.39 is 0 Å². The molecule has 2 N–H and O–H groups in total. The van der Waals surface area contributed by atoms with Crippen molar-refractivity contribution < 1.29 is 9.47 Å². The molecule has 0 bridgehead atoms. The number of aryl methyl sites for hydroxylation is 1. The first kappa shape index (κ1) is 17.7. The number of hydrogen-bond donors (Lipinski definition) is 2. The van der Waals surface area contributed by atoms with Crippen LogP contribution >= 0.6 is 12.2 Å². The lowest BCUT2D eigenvalue weighted by molar-refractivity contribution is 0.284. The van der Waals surface area contributed by atoms with Crippen molar-refractivity contribution in [2.24, 2.45) is 5.10 Å². The molecule has 0 spiro atoms. The molecule has 126 valence electrons. The van der Waals surface area contributed by atoms with E-state index in [1.54, 1.807) is 20.4 Å². The van der Waals surface area contributed by atoms with E-state index in [0.29, 0.717) is 23.2 Å². The van der Waals surface area contributed by atoms with Gasteiger partial charge in [0.05, 0.1) is 13.3 Å². The zero-order valence-corrected chi connectivity index (χ0v) is 14.8. The van der Waals surface area contributed by atoms with Crippen molar-refractivity contribution in [3.63, 3.8) is 0 Å². The average molecular weight is 343 g/mol. The Balaban J connectivity index is 2.02. The summed E-state index contributed by atoms with van der Waals surface area (Å²) in [5.41, 5.74) is 5.92. The van der Waals surface area contributed by atoms with Gasteiger partial charge in [0.15, 0.2) is 16.6 Å². The Labute approximate surface area is 147 Å². The van der Waals surface area contributed by atoms with Crippen LogP contribution in [0.1, 0.15) is 16.7 Å². The molecule has 0 aliphatic rings. The SMILES string of the molecule is CNC(=S)N/N=C/c1ccc(OCc2ccc(C)cc2)c(OC)c1. The third-order valence-corrected chi connectivity index (χ3v) is 3.60. The lowest BCUT2D eigenvalue weighted by Gasteiger charge is -2.11. The minimum atomic E-state index is 0.455. The molecule has 2 aromatic rings. The third-order valence-electron chi connectivity index (χ3n) is 3.31. The van der Waals surface area contributed by atoms with Gasteiger partial charge >= 0.3 is 0 Å². The highest BCUT2D eigenvalue weighted by Crippen LogP contribution is 2.28. The third kappa shape index (κ3) is 5.24. The summed E-state index contributed by atoms with van der Waals surface area (Å²) in [6, 6.07) is 13.9. The maximum Gasteiger partial charge on any atom is 0.186 e. The monoisotopic (exact) mass is 343 g/mol. The van der Waals surface area contributed by atoms with E-state index in [1.807, 2.05) is 18.2 Å². The van der Waals surface area contributed by atoms with Crippen LogP contribution in [0.25, 0.3) is 0 Å². The summed E-state index contributed by atoms with van der Waals surface area (Å²) >= 11 is 4.95. The molecule has 6 heteroatoms. The summed E-state index contributed by atoms with van der Waals surface area (Å²) in [6.07, 6.45) is 1.66. The Bertz CT molecular complexity index is 715. The van der Waals surface area contributed by atoms with Gasteiger partial charge in [-0.15, -0.1) is 0 Å². The second kappa shape index (κ2) is 8.88. The zero-order valence-electron chi connectivity index (χ0n) is 14.0. The highest BCUT2D eigenvalue weighted by atomic mass is 32.1. The van der Waals surface area contributed by atoms with E-state index in [9.17, 15) is 0 Å². The summed E-state index contributed by atoms with van der Waals surface area (Å²) < 4.78 is 11.3. The number of nitrogens with zero attached hydrogens (tertiary/aromatic N) is 1. The maximum absolute atomic E-state index is 5.85. The highest BCUT2D eigenvalue weighted by molar-refractivity contribution is 7.80. The topological polar surface area (TPSA) is 54.9 Å². The zero-order chi connectivity index (χ0) is 17.4. The molecule has 0 amide bonds. The molecule has 5 nitrogen and oxygen atoms in total. The number of hydrogen-bond acceptors (Lipinski definition) is 4. The predicted octanol–water partition coefficient (Wildman–Crippen LogP) is 3.01. The van der Waals surface area contributed by atoms with Crippen molar-refractivity contribution in [1.82, 2.24) is 10.7 Å². The molecule has 0 aromatic heterocycles. The predicted molar refractivity (Wildman–Crippen MR) is 101 cm³/mol. The molecule has 24 heavy (non-hydrogen) atoms. The molecular weight excluding hydrogens is 322 g/mol. The van der Waals surface area contributed by atoms with Crippen molar-refractivity contribution in [1.29, 1.82) is 0 Å². The summed E-state index contributed by atoms with van der Waals surface area (Å²) in [6.45, 7) is 2.55. The number of hydrazone groups is 1. The normalized spacial score (nSPS) is 10.5. The molecule has 0 aliphatic heterocycles. The number of nitrogens with one attached hydrogen (secondary N) is 2. The van der Waals surface area contributed by atoms with Gasteiger partial charge in [0.25, 0.3) is 0 Å². The van der Waals surface area contributed by atoms with Gasteiger partial charge in [-0.25, -0.2) is 0 Å². The fraction of sp³-hybridized carbons (Fsp3) is 0.222. The molecule has 0 saturated carbocycles. The number of thiocarbonyl (C=S) groups is 1. The van der Waals surface area contributed by atoms with Gasteiger partial charge in [0, 0.05) is 7.05 Å². The molecule has 0 saturated heterocycles. The van der Waals surface area contributed by atoms with Gasteiger partial charge in [-0.2, -0.15) is 5.10 Å². The van der Waals surface area contributed by atoms with Gasteiger partial charge < -0.3 is 14.8 Å². The fourth-order valence-electron chi connectivity index (χ4n) is 1.95. The van der Waals surface area contributed by atoms with Crippen LogP contribution in [0.3, 0.4) is 0 Å². The van der Waals surface area contributed by atoms with E-state index in [1.165, 1.54) is 5.56 Å². The Kier molecular flexibility index (Phi) is 6.57. The molecule has 2 rings (SSSR count). The standard InChI is InChI=1S/C18H21N3O2S/c1-13-4-6-14(7-5-13)12-23-16-9-8-15(10-17(16)22-3)11-20-21-18(24)19-2/h4-11H,12H2,1-3H3,(H2,19,21,24)/b20-11+. The van der Waals surface area contributed by atoms with E-state index in [0.717, 1.165) is 11.1 Å². The molecule has 0 radical (unpaired) electrons. The lowest BCUT2D eigenvalue weighted by Crippen LogP contribution is -2.28. The Morgan fingerprint density at radius 3 is 2.58 bits per heavy atom. The number of rotatable bonds is 6. The van der Waals surface area contributed by atoms with E-state index >= 15 is 0 Å². The minimum Gasteiger partial charge on any atom is -0.493 e. The van der Waals surface area contributed by atoms with Crippen molar-refractivity contribution in [3.8, 4) is 11.5 Å². The van der Waals surface area contributed by atoms with Crippen LogP contribution in [0.4, 0.5) is 0 Å². The Morgan fingerprint density at radius 2 is 1.92 bits per heavy atom. The number of methoxy groups -OCH3 is 1. The molecular formula is C18H21N3O2S. The molecule has 2 aromatic carbocycles. The highest BCUT2D eigenvalue weighted by Gasteiger charge is 2.05. The molecule has 0 unspecified atom stereocenters. The summed E-state index contributed by atoms with van der Waals surface area (Å²) in [4.78, 5) is 0. The van der Waals surface area contributed by atoms with Crippen molar-refractivity contribution in [2.45, 2.75) is 13.5 Å². The summed E-state index contributed by atoms with van der Waals surface area (Å²) in [5.74, 6) is 1.34. The molecule has 0 fully saturated rings. The number of ether oxygens (including phenoxy) is 2. The van der Waals surface area contributed by atoms with Crippen LogP contribution in [-0.4, -0.2) is 25.5 Å². The summed E-state index contributed by atoms with van der Waals surface area (Å²) in [5, 5.41) is 7.28. The van der Waals surface area contributed by atoms with Crippen LogP contribution < -0.4 is 20.2 Å². The smallest absolute Gasteiger partial charge is 0.186 e. The van der Waals surface area contributed by atoms with Gasteiger partial charge in [0.1, 0.15) is 6.61 Å².